The molecule has 3 rings (SSSR count). The summed E-state index contributed by atoms with van der Waals surface area (Å²) in [4.78, 5) is 18.2. The lowest BCUT2D eigenvalue weighted by molar-refractivity contribution is 0.742. The van der Waals surface area contributed by atoms with E-state index in [1.165, 1.54) is 0 Å². The third kappa shape index (κ3) is 3.57. The first-order valence-corrected chi connectivity index (χ1v) is 9.19. The number of hydrogen-bond acceptors (Lipinski definition) is 2. The number of rotatable bonds is 6. The lowest BCUT2D eigenvalue weighted by atomic mass is 9.98. The van der Waals surface area contributed by atoms with Crippen molar-refractivity contribution in [1.82, 2.24) is 4.98 Å². The van der Waals surface area contributed by atoms with Crippen LogP contribution in [0.25, 0.3) is 22.0 Å². The molecule has 4 heteroatoms. The van der Waals surface area contributed by atoms with Crippen LogP contribution in [0, 0.1) is 0 Å². The van der Waals surface area contributed by atoms with Gasteiger partial charge in [0.1, 0.15) is 5.69 Å². The van der Waals surface area contributed by atoms with E-state index in [1.54, 1.807) is 0 Å². The molecule has 1 aromatic heterocycles. The Bertz CT molecular complexity index is 912. The molecule has 3 nitrogen and oxygen atoms in total. The zero-order valence-electron chi connectivity index (χ0n) is 14.7. The van der Waals surface area contributed by atoms with Crippen LogP contribution >= 0.6 is 11.6 Å². The van der Waals surface area contributed by atoms with E-state index < -0.39 is 0 Å². The lowest BCUT2D eigenvalue weighted by Crippen LogP contribution is -2.31. The minimum absolute atomic E-state index is 0.0458. The monoisotopic (exact) mass is 354 g/mol. The Hall–Kier alpha value is -2.26. The molecule has 0 saturated carbocycles. The highest BCUT2D eigenvalue weighted by Crippen LogP contribution is 2.35. The van der Waals surface area contributed by atoms with E-state index in [0.717, 1.165) is 53.6 Å². The van der Waals surface area contributed by atoms with E-state index in [9.17, 15) is 4.79 Å². The Balaban J connectivity index is 2.38. The largest absolute Gasteiger partial charge is 0.367 e. The van der Waals surface area contributed by atoms with Gasteiger partial charge in [-0.3, -0.25) is 4.79 Å². The molecule has 3 aromatic rings. The fourth-order valence-corrected chi connectivity index (χ4v) is 3.50. The SMILES string of the molecule is CCCN(CCC)c1c(-c2ccccc2)c2cc(Cl)ccc2[nH]c1=O. The van der Waals surface area contributed by atoms with Crippen molar-refractivity contribution in [2.24, 2.45) is 0 Å². The van der Waals surface area contributed by atoms with Crippen molar-refractivity contribution in [1.29, 1.82) is 0 Å². The molecule has 0 fully saturated rings. The minimum atomic E-state index is -0.0458. The van der Waals surface area contributed by atoms with E-state index in [4.69, 9.17) is 11.6 Å². The van der Waals surface area contributed by atoms with Gasteiger partial charge in [0.2, 0.25) is 0 Å². The molecule has 0 amide bonds. The first-order valence-electron chi connectivity index (χ1n) is 8.81. The van der Waals surface area contributed by atoms with E-state index in [2.05, 4.69) is 35.9 Å². The van der Waals surface area contributed by atoms with Crippen molar-refractivity contribution in [3.05, 3.63) is 63.9 Å². The molecule has 0 aliphatic rings. The quantitative estimate of drug-likeness (QED) is 0.636. The second-order valence-corrected chi connectivity index (χ2v) is 6.66. The van der Waals surface area contributed by atoms with Gasteiger partial charge >= 0.3 is 0 Å². The van der Waals surface area contributed by atoms with Crippen LogP contribution in [0.4, 0.5) is 5.69 Å². The number of nitrogens with one attached hydrogen (secondary N) is 1. The van der Waals surface area contributed by atoms with Crippen molar-refractivity contribution in [2.45, 2.75) is 26.7 Å². The molecule has 0 bridgehead atoms. The molecule has 0 unspecified atom stereocenters. The average Bonchev–Trinajstić information content (AvgIpc) is 2.62. The zero-order chi connectivity index (χ0) is 17.8. The van der Waals surface area contributed by atoms with Crippen molar-refractivity contribution in [3.8, 4) is 11.1 Å². The molecular formula is C21H23ClN2O. The van der Waals surface area contributed by atoms with Gasteiger partial charge in [0, 0.05) is 34.6 Å². The van der Waals surface area contributed by atoms with Gasteiger partial charge in [0.05, 0.1) is 0 Å². The first-order chi connectivity index (χ1) is 12.2. The molecular weight excluding hydrogens is 332 g/mol. The molecule has 0 radical (unpaired) electrons. The van der Waals surface area contributed by atoms with Gasteiger partial charge in [0.15, 0.2) is 0 Å². The summed E-state index contributed by atoms with van der Waals surface area (Å²) >= 11 is 6.27. The van der Waals surface area contributed by atoms with Crippen LogP contribution in [0.2, 0.25) is 5.02 Å². The fraction of sp³-hybridized carbons (Fsp3) is 0.286. The summed E-state index contributed by atoms with van der Waals surface area (Å²) in [6.07, 6.45) is 1.97. The summed E-state index contributed by atoms with van der Waals surface area (Å²) in [5.74, 6) is 0. The topological polar surface area (TPSA) is 36.1 Å². The van der Waals surface area contributed by atoms with Gasteiger partial charge < -0.3 is 9.88 Å². The minimum Gasteiger partial charge on any atom is -0.367 e. The van der Waals surface area contributed by atoms with E-state index in [0.29, 0.717) is 5.02 Å². The van der Waals surface area contributed by atoms with Crippen molar-refractivity contribution >= 4 is 28.2 Å². The molecule has 0 atom stereocenters. The Morgan fingerprint density at radius 2 is 1.68 bits per heavy atom. The van der Waals surface area contributed by atoms with E-state index in [1.807, 2.05) is 36.4 Å². The third-order valence-corrected chi connectivity index (χ3v) is 4.55. The lowest BCUT2D eigenvalue weighted by Gasteiger charge is -2.26. The third-order valence-electron chi connectivity index (χ3n) is 4.32. The van der Waals surface area contributed by atoms with Crippen molar-refractivity contribution < 1.29 is 0 Å². The number of hydrogen-bond donors (Lipinski definition) is 1. The number of anilines is 1. The fourth-order valence-electron chi connectivity index (χ4n) is 3.33. The number of H-pyrrole nitrogens is 1. The Morgan fingerprint density at radius 3 is 2.32 bits per heavy atom. The Kier molecular flexibility index (Phi) is 5.44. The number of pyridine rings is 1. The van der Waals surface area contributed by atoms with Crippen LogP contribution in [0.5, 0.6) is 0 Å². The molecule has 1 heterocycles. The number of aromatic amines is 1. The van der Waals surface area contributed by atoms with E-state index in [-0.39, 0.29) is 5.56 Å². The highest BCUT2D eigenvalue weighted by atomic mass is 35.5. The van der Waals surface area contributed by atoms with Gasteiger partial charge in [-0.05, 0) is 36.6 Å². The van der Waals surface area contributed by atoms with E-state index >= 15 is 0 Å². The first kappa shape index (κ1) is 17.6. The van der Waals surface area contributed by atoms with Crippen molar-refractivity contribution in [2.75, 3.05) is 18.0 Å². The van der Waals surface area contributed by atoms with Crippen LogP contribution < -0.4 is 10.5 Å². The van der Waals surface area contributed by atoms with Gasteiger partial charge in [-0.1, -0.05) is 55.8 Å². The molecule has 1 N–H and O–H groups in total. The smallest absolute Gasteiger partial charge is 0.272 e. The molecule has 0 spiro atoms. The number of halogens is 1. The van der Waals surface area contributed by atoms with Gasteiger partial charge in [-0.15, -0.1) is 0 Å². The molecule has 0 aliphatic carbocycles. The summed E-state index contributed by atoms with van der Waals surface area (Å²) < 4.78 is 0. The van der Waals surface area contributed by atoms with Crippen LogP contribution in [-0.2, 0) is 0 Å². The van der Waals surface area contributed by atoms with Gasteiger partial charge in [0.25, 0.3) is 5.56 Å². The summed E-state index contributed by atoms with van der Waals surface area (Å²) in [6, 6.07) is 15.7. The molecule has 130 valence electrons. The number of nitrogens with zero attached hydrogens (tertiary/aromatic N) is 1. The highest BCUT2D eigenvalue weighted by Gasteiger charge is 2.19. The van der Waals surface area contributed by atoms with Crippen LogP contribution in [0.3, 0.4) is 0 Å². The van der Waals surface area contributed by atoms with Crippen molar-refractivity contribution in [3.63, 3.8) is 0 Å². The van der Waals surface area contributed by atoms with Crippen LogP contribution in [0.15, 0.2) is 53.3 Å². The summed E-state index contributed by atoms with van der Waals surface area (Å²) in [5, 5.41) is 1.64. The standard InChI is InChI=1S/C21H23ClN2O/c1-3-12-24(13-4-2)20-19(15-8-6-5-7-9-15)17-14-16(22)10-11-18(17)23-21(20)25/h5-11,14H,3-4,12-13H2,1-2H3,(H,23,25). The summed E-state index contributed by atoms with van der Waals surface area (Å²) in [6.45, 7) is 5.97. The Labute approximate surface area is 153 Å². The van der Waals surface area contributed by atoms with Gasteiger partial charge in [-0.25, -0.2) is 0 Å². The number of benzene rings is 2. The molecule has 2 aromatic carbocycles. The maximum Gasteiger partial charge on any atom is 0.272 e. The zero-order valence-corrected chi connectivity index (χ0v) is 15.4. The predicted octanol–water partition coefficient (Wildman–Crippen LogP) is 5.47. The summed E-state index contributed by atoms with van der Waals surface area (Å²) in [7, 11) is 0. The Morgan fingerprint density at radius 1 is 1.00 bits per heavy atom. The highest BCUT2D eigenvalue weighted by molar-refractivity contribution is 6.31. The molecule has 25 heavy (non-hydrogen) atoms. The van der Waals surface area contributed by atoms with Crippen LogP contribution in [0.1, 0.15) is 26.7 Å². The maximum atomic E-state index is 13.0. The average molecular weight is 355 g/mol. The number of aromatic nitrogens is 1. The second-order valence-electron chi connectivity index (χ2n) is 6.22. The molecule has 0 saturated heterocycles. The molecule has 0 aliphatic heterocycles. The van der Waals surface area contributed by atoms with Crippen LogP contribution in [-0.4, -0.2) is 18.1 Å². The summed E-state index contributed by atoms with van der Waals surface area (Å²) in [5.41, 5.74) is 3.50. The second kappa shape index (κ2) is 7.75. The van der Waals surface area contributed by atoms with Gasteiger partial charge in [-0.2, -0.15) is 0 Å². The maximum absolute atomic E-state index is 13.0. The normalized spacial score (nSPS) is 11.0. The number of fused-ring (bicyclic) bond motifs is 1. The predicted molar refractivity (Wildman–Crippen MR) is 108 cm³/mol.